The first-order valence-corrected chi connectivity index (χ1v) is 16.1. The molecule has 0 saturated heterocycles. The van der Waals surface area contributed by atoms with Crippen molar-refractivity contribution in [3.63, 3.8) is 0 Å². The van der Waals surface area contributed by atoms with Gasteiger partial charge in [0.25, 0.3) is 0 Å². The van der Waals surface area contributed by atoms with Gasteiger partial charge in [-0.1, -0.05) is 97.1 Å². The molecule has 0 aliphatic rings. The van der Waals surface area contributed by atoms with E-state index in [9.17, 15) is 4.79 Å². The van der Waals surface area contributed by atoms with E-state index in [1.165, 1.54) is 28.4 Å². The summed E-state index contributed by atoms with van der Waals surface area (Å²) >= 11 is 0. The van der Waals surface area contributed by atoms with Crippen molar-refractivity contribution in [2.75, 3.05) is 35.5 Å². The smallest absolute Gasteiger partial charge is 0.204 e. The molecule has 0 saturated carbocycles. The summed E-state index contributed by atoms with van der Waals surface area (Å²) < 4.78 is 47.7. The van der Waals surface area contributed by atoms with Gasteiger partial charge in [-0.15, -0.1) is 0 Å². The molecule has 0 aliphatic heterocycles. The number of hydrogen-bond acceptors (Lipinski definition) is 9. The van der Waals surface area contributed by atoms with Gasteiger partial charge in [-0.25, -0.2) is 0 Å². The number of methoxy groups -OCH3 is 5. The lowest BCUT2D eigenvalue weighted by Crippen LogP contribution is -2.30. The first-order valence-electron chi connectivity index (χ1n) is 16.1. The van der Waals surface area contributed by atoms with Crippen LogP contribution in [0.5, 0.6) is 34.5 Å². The Morgan fingerprint density at radius 2 is 1.00 bits per heavy atom. The fourth-order valence-electron chi connectivity index (χ4n) is 5.58. The number of rotatable bonds is 18. The monoisotopic (exact) mass is 678 g/mol. The molecule has 1 atom stereocenters. The zero-order valence-corrected chi connectivity index (χ0v) is 28.9. The molecular weight excluding hydrogens is 636 g/mol. The Kier molecular flexibility index (Phi) is 12.7. The third kappa shape index (κ3) is 8.55. The van der Waals surface area contributed by atoms with E-state index >= 15 is 0 Å². The van der Waals surface area contributed by atoms with Gasteiger partial charge in [-0.05, 0) is 34.4 Å². The zero-order valence-electron chi connectivity index (χ0n) is 28.9. The van der Waals surface area contributed by atoms with E-state index in [1.54, 1.807) is 31.4 Å². The Hall–Kier alpha value is -5.51. The van der Waals surface area contributed by atoms with Gasteiger partial charge in [0.15, 0.2) is 35.1 Å². The summed E-state index contributed by atoms with van der Waals surface area (Å²) in [6.45, 7) is 0.741. The minimum atomic E-state index is -0.991. The highest BCUT2D eigenvalue weighted by molar-refractivity contribution is 6.07. The molecule has 50 heavy (non-hydrogen) atoms. The fraction of sp³-hybridized carbons (Fsp3) is 0.244. The highest BCUT2D eigenvalue weighted by atomic mass is 16.7. The van der Waals surface area contributed by atoms with Gasteiger partial charge in [-0.2, -0.15) is 0 Å². The second-order valence-corrected chi connectivity index (χ2v) is 11.2. The largest absolute Gasteiger partial charge is 0.496 e. The summed E-state index contributed by atoms with van der Waals surface area (Å²) in [5.74, 6) is 0.555. The van der Waals surface area contributed by atoms with Crippen molar-refractivity contribution in [3.05, 3.63) is 143 Å². The maximum atomic E-state index is 15.0. The molecule has 260 valence electrons. The fourth-order valence-corrected chi connectivity index (χ4v) is 5.58. The van der Waals surface area contributed by atoms with Gasteiger partial charge in [-0.3, -0.25) is 4.79 Å². The predicted octanol–water partition coefficient (Wildman–Crippen LogP) is 8.03. The maximum absolute atomic E-state index is 15.0. The molecule has 0 spiro atoms. The SMILES string of the molecule is COc1cc(C(C(=O)c2c(OC)cc(OCc3ccccc3)c(OC)c2OCc2ccccc2)C(OC)OC)ccc1OCc1ccccc1. The van der Waals surface area contributed by atoms with Gasteiger partial charge >= 0.3 is 0 Å². The van der Waals surface area contributed by atoms with Crippen LogP contribution in [0.3, 0.4) is 0 Å². The summed E-state index contributed by atoms with van der Waals surface area (Å²) in [5.41, 5.74) is 3.55. The predicted molar refractivity (Wildman–Crippen MR) is 190 cm³/mol. The van der Waals surface area contributed by atoms with E-state index in [1.807, 2.05) is 91.0 Å². The second-order valence-electron chi connectivity index (χ2n) is 11.2. The van der Waals surface area contributed by atoms with Gasteiger partial charge in [0.2, 0.25) is 5.75 Å². The van der Waals surface area contributed by atoms with E-state index in [0.717, 1.165) is 16.7 Å². The van der Waals surface area contributed by atoms with Gasteiger partial charge < -0.3 is 37.9 Å². The van der Waals surface area contributed by atoms with Crippen LogP contribution in [0.4, 0.5) is 0 Å². The quantitative estimate of drug-likeness (QED) is 0.0675. The van der Waals surface area contributed by atoms with Crippen LogP contribution in [0.2, 0.25) is 0 Å². The van der Waals surface area contributed by atoms with Crippen LogP contribution in [-0.4, -0.2) is 47.6 Å². The summed E-state index contributed by atoms with van der Waals surface area (Å²) in [4.78, 5) is 15.0. The molecule has 0 heterocycles. The van der Waals surface area contributed by atoms with Crippen LogP contribution >= 0.6 is 0 Å². The average molecular weight is 679 g/mol. The molecule has 5 aromatic rings. The second kappa shape index (κ2) is 17.8. The number of carbonyl (C=O) groups is 1. The summed E-state index contributed by atoms with van der Waals surface area (Å²) in [7, 11) is 7.50. The molecule has 5 rings (SSSR count). The lowest BCUT2D eigenvalue weighted by atomic mass is 9.88. The van der Waals surface area contributed by atoms with E-state index < -0.39 is 18.0 Å². The van der Waals surface area contributed by atoms with Crippen molar-refractivity contribution < 1.29 is 42.7 Å². The van der Waals surface area contributed by atoms with Crippen molar-refractivity contribution in [3.8, 4) is 34.5 Å². The van der Waals surface area contributed by atoms with Gasteiger partial charge in [0.1, 0.15) is 31.1 Å². The van der Waals surface area contributed by atoms with Crippen molar-refractivity contribution in [2.45, 2.75) is 32.0 Å². The molecule has 0 fully saturated rings. The standard InChI is InChI=1S/C41H42O9/c1-43-33-23-31(21-22-32(33)48-25-28-15-9-6-10-16-28)36(41(46-4)47-5)38(42)37-34(44-2)24-35(49-26-29-17-11-7-12-18-29)39(45-3)40(37)50-27-30-19-13-8-14-20-30/h6-24,36,41H,25-27H2,1-5H3. The minimum absolute atomic E-state index is 0.139. The topological polar surface area (TPSA) is 90.9 Å². The Bertz CT molecular complexity index is 1810. The third-order valence-corrected chi connectivity index (χ3v) is 8.10. The molecule has 0 bridgehead atoms. The summed E-state index contributed by atoms with van der Waals surface area (Å²) in [6, 6.07) is 36.1. The maximum Gasteiger partial charge on any atom is 0.204 e. The Morgan fingerprint density at radius 1 is 0.500 bits per heavy atom. The number of ketones is 1. The molecule has 0 radical (unpaired) electrons. The number of hydrogen-bond donors (Lipinski definition) is 0. The van der Waals surface area contributed by atoms with Crippen molar-refractivity contribution in [1.29, 1.82) is 0 Å². The van der Waals surface area contributed by atoms with Crippen LogP contribution in [-0.2, 0) is 29.3 Å². The average Bonchev–Trinajstić information content (AvgIpc) is 3.17. The van der Waals surface area contributed by atoms with E-state index in [-0.39, 0.29) is 36.0 Å². The van der Waals surface area contributed by atoms with Crippen LogP contribution < -0.4 is 28.4 Å². The Morgan fingerprint density at radius 3 is 1.48 bits per heavy atom. The molecular formula is C41H42O9. The Balaban J connectivity index is 1.58. The number of Topliss-reactive ketones (excluding diaryl/α,β-unsaturated/α-hetero) is 1. The number of ether oxygens (including phenoxy) is 8. The third-order valence-electron chi connectivity index (χ3n) is 8.10. The lowest BCUT2D eigenvalue weighted by Gasteiger charge is -2.27. The highest BCUT2D eigenvalue weighted by Crippen LogP contribution is 2.48. The van der Waals surface area contributed by atoms with Crippen LogP contribution in [0.1, 0.15) is 38.5 Å². The lowest BCUT2D eigenvalue weighted by molar-refractivity contribution is -0.110. The molecule has 9 heteroatoms. The number of carbonyl (C=O) groups excluding carboxylic acids is 1. The molecule has 5 aromatic carbocycles. The van der Waals surface area contributed by atoms with Crippen LogP contribution in [0.25, 0.3) is 0 Å². The van der Waals surface area contributed by atoms with Gasteiger partial charge in [0.05, 0.1) is 27.2 Å². The van der Waals surface area contributed by atoms with Crippen molar-refractivity contribution in [2.24, 2.45) is 0 Å². The normalized spacial score (nSPS) is 11.5. The molecule has 0 aromatic heterocycles. The molecule has 1 unspecified atom stereocenters. The zero-order chi connectivity index (χ0) is 35.3. The first kappa shape index (κ1) is 35.8. The van der Waals surface area contributed by atoms with Crippen molar-refractivity contribution in [1.82, 2.24) is 0 Å². The summed E-state index contributed by atoms with van der Waals surface area (Å²) in [5, 5.41) is 0. The van der Waals surface area contributed by atoms with E-state index in [2.05, 4.69) is 0 Å². The Labute approximate surface area is 293 Å². The molecule has 0 amide bonds. The van der Waals surface area contributed by atoms with E-state index in [0.29, 0.717) is 29.4 Å². The van der Waals surface area contributed by atoms with Crippen LogP contribution in [0, 0.1) is 0 Å². The summed E-state index contributed by atoms with van der Waals surface area (Å²) in [6.07, 6.45) is -0.991. The molecule has 0 aliphatic carbocycles. The molecule has 9 nitrogen and oxygen atoms in total. The van der Waals surface area contributed by atoms with Crippen molar-refractivity contribution >= 4 is 5.78 Å². The number of benzene rings is 5. The van der Waals surface area contributed by atoms with Crippen LogP contribution in [0.15, 0.2) is 115 Å². The highest BCUT2D eigenvalue weighted by Gasteiger charge is 2.37. The molecule has 0 N–H and O–H groups in total. The van der Waals surface area contributed by atoms with Gasteiger partial charge in [0, 0.05) is 20.3 Å². The van der Waals surface area contributed by atoms with E-state index in [4.69, 9.17) is 37.9 Å². The first-order chi connectivity index (χ1) is 24.5. The minimum Gasteiger partial charge on any atom is -0.496 e.